The van der Waals surface area contributed by atoms with E-state index in [1.165, 1.54) is 6.07 Å². The van der Waals surface area contributed by atoms with Crippen molar-refractivity contribution < 1.29 is 8.78 Å². The van der Waals surface area contributed by atoms with Gasteiger partial charge in [-0.2, -0.15) is 0 Å². The Bertz CT molecular complexity index is 1330. The largest absolute Gasteiger partial charge is 0.326 e. The van der Waals surface area contributed by atoms with Crippen LogP contribution in [0, 0.1) is 18.6 Å². The molecule has 0 saturated carbocycles. The molecule has 3 aromatic heterocycles. The predicted octanol–water partition coefficient (Wildman–Crippen LogP) is 5.27. The molecule has 4 aromatic rings. The average molecular weight is 464 g/mol. The fourth-order valence-corrected chi connectivity index (χ4v) is 4.69. The van der Waals surface area contributed by atoms with Crippen LogP contribution in [0.4, 0.5) is 20.5 Å². The Labute approximate surface area is 196 Å². The second-order valence-corrected chi connectivity index (χ2v) is 8.99. The van der Waals surface area contributed by atoms with Crippen LogP contribution in [0.3, 0.4) is 0 Å². The van der Waals surface area contributed by atoms with Crippen molar-refractivity contribution >= 4 is 22.8 Å². The van der Waals surface area contributed by atoms with E-state index in [1.54, 1.807) is 12.1 Å². The van der Waals surface area contributed by atoms with Crippen LogP contribution in [-0.2, 0) is 0 Å². The van der Waals surface area contributed by atoms with Gasteiger partial charge in [-0.25, -0.2) is 28.7 Å². The second kappa shape index (κ2) is 9.06. The first-order chi connectivity index (χ1) is 16.4. The fourth-order valence-electron chi connectivity index (χ4n) is 4.69. The van der Waals surface area contributed by atoms with Gasteiger partial charge < -0.3 is 15.2 Å². The molecular formula is C25H27F2N7. The van der Waals surface area contributed by atoms with Crippen LogP contribution in [0.1, 0.15) is 50.0 Å². The molecule has 0 bridgehead atoms. The van der Waals surface area contributed by atoms with Gasteiger partial charge in [0, 0.05) is 24.0 Å². The maximum Gasteiger partial charge on any atom is 0.228 e. The number of fused-ring (bicyclic) bond motifs is 1. The summed E-state index contributed by atoms with van der Waals surface area (Å²) in [6.07, 6.45) is 6.90. The van der Waals surface area contributed by atoms with Crippen LogP contribution >= 0.6 is 0 Å². The highest BCUT2D eigenvalue weighted by atomic mass is 19.1. The number of aryl methyl sites for hydroxylation is 1. The lowest BCUT2D eigenvalue weighted by molar-refractivity contribution is 0.459. The summed E-state index contributed by atoms with van der Waals surface area (Å²) in [5, 5.41) is 6.39. The van der Waals surface area contributed by atoms with Crippen LogP contribution < -0.4 is 10.6 Å². The van der Waals surface area contributed by atoms with Gasteiger partial charge in [-0.1, -0.05) is 0 Å². The van der Waals surface area contributed by atoms with E-state index in [1.807, 2.05) is 37.7 Å². The average Bonchev–Trinajstić information content (AvgIpc) is 3.18. The van der Waals surface area contributed by atoms with Crippen LogP contribution in [0.2, 0.25) is 0 Å². The Morgan fingerprint density at radius 3 is 2.44 bits per heavy atom. The van der Waals surface area contributed by atoms with E-state index in [0.29, 0.717) is 34.6 Å². The third kappa shape index (κ3) is 4.23. The number of halogens is 2. The molecule has 9 heteroatoms. The highest BCUT2D eigenvalue weighted by Gasteiger charge is 2.18. The third-order valence-electron chi connectivity index (χ3n) is 6.33. The number of hydrogen-bond donors (Lipinski definition) is 2. The number of rotatable bonds is 5. The molecule has 1 aliphatic rings. The maximum atomic E-state index is 14.9. The molecule has 0 radical (unpaired) electrons. The molecule has 0 aliphatic carbocycles. The van der Waals surface area contributed by atoms with Crippen molar-refractivity contribution in [1.82, 2.24) is 29.8 Å². The molecule has 1 fully saturated rings. The van der Waals surface area contributed by atoms with E-state index < -0.39 is 11.6 Å². The molecule has 0 spiro atoms. The quantitative estimate of drug-likeness (QED) is 0.420. The summed E-state index contributed by atoms with van der Waals surface area (Å²) in [4.78, 5) is 17.3. The van der Waals surface area contributed by atoms with Crippen LogP contribution in [0.5, 0.6) is 0 Å². The van der Waals surface area contributed by atoms with Gasteiger partial charge >= 0.3 is 0 Å². The van der Waals surface area contributed by atoms with Crippen molar-refractivity contribution in [3.8, 4) is 11.1 Å². The minimum Gasteiger partial charge on any atom is -0.326 e. The molecule has 5 rings (SSSR count). The van der Waals surface area contributed by atoms with Gasteiger partial charge in [-0.05, 0) is 81.9 Å². The van der Waals surface area contributed by atoms with Gasteiger partial charge in [-0.3, -0.25) is 0 Å². The van der Waals surface area contributed by atoms with Crippen LogP contribution in [-0.4, -0.2) is 37.6 Å². The standard InChI is InChI=1S/C25H27F2N7/c1-14(2)34-15(3)32-24-20(26)8-17(9-22(24)34)19-10-23(29-13-21(19)27)33-25-30-11-18(12-31-25)16-4-6-28-7-5-16/h8-14,16,28H,4-7H2,1-3H3,(H,29,30,31,33). The highest BCUT2D eigenvalue weighted by Crippen LogP contribution is 2.32. The van der Waals surface area contributed by atoms with Crippen molar-refractivity contribution in [2.24, 2.45) is 0 Å². The topological polar surface area (TPSA) is 80.6 Å². The van der Waals surface area contributed by atoms with Crippen LogP contribution in [0.25, 0.3) is 22.2 Å². The summed E-state index contributed by atoms with van der Waals surface area (Å²) in [5.41, 5.74) is 2.67. The molecule has 1 aromatic carbocycles. The number of aromatic nitrogens is 5. The lowest BCUT2D eigenvalue weighted by Gasteiger charge is -2.22. The molecule has 4 heterocycles. The van der Waals surface area contributed by atoms with Crippen molar-refractivity contribution in [3.63, 3.8) is 0 Å². The maximum absolute atomic E-state index is 14.9. The van der Waals surface area contributed by atoms with Gasteiger partial charge in [0.15, 0.2) is 5.82 Å². The number of piperidine rings is 1. The van der Waals surface area contributed by atoms with Crippen molar-refractivity contribution in [2.45, 2.75) is 45.6 Å². The van der Waals surface area contributed by atoms with Crippen molar-refractivity contribution in [2.75, 3.05) is 18.4 Å². The Kier molecular flexibility index (Phi) is 5.95. The van der Waals surface area contributed by atoms with E-state index in [2.05, 4.69) is 30.6 Å². The van der Waals surface area contributed by atoms with Crippen molar-refractivity contribution in [3.05, 3.63) is 59.8 Å². The molecule has 34 heavy (non-hydrogen) atoms. The number of imidazole rings is 1. The molecule has 1 saturated heterocycles. The summed E-state index contributed by atoms with van der Waals surface area (Å²) in [5.74, 6) is 0.886. The molecular weight excluding hydrogens is 436 g/mol. The number of benzene rings is 1. The Hall–Kier alpha value is -3.46. The smallest absolute Gasteiger partial charge is 0.228 e. The molecule has 176 valence electrons. The summed E-state index contributed by atoms with van der Waals surface area (Å²) < 4.78 is 31.6. The molecule has 7 nitrogen and oxygen atoms in total. The number of anilines is 2. The van der Waals surface area contributed by atoms with E-state index >= 15 is 0 Å². The monoisotopic (exact) mass is 463 g/mol. The SMILES string of the molecule is Cc1nc2c(F)cc(-c3cc(Nc4ncc(C5CCNCC5)cn4)ncc3F)cc2n1C(C)C. The zero-order valence-corrected chi connectivity index (χ0v) is 19.4. The predicted molar refractivity (Wildman–Crippen MR) is 128 cm³/mol. The lowest BCUT2D eigenvalue weighted by Crippen LogP contribution is -2.26. The number of pyridine rings is 1. The highest BCUT2D eigenvalue weighted by molar-refractivity contribution is 5.84. The summed E-state index contributed by atoms with van der Waals surface area (Å²) in [6, 6.07) is 4.71. The van der Waals surface area contributed by atoms with Crippen LogP contribution in [0.15, 0.2) is 36.8 Å². The Balaban J connectivity index is 1.45. The van der Waals surface area contributed by atoms with E-state index in [9.17, 15) is 8.78 Å². The van der Waals surface area contributed by atoms with Gasteiger partial charge in [0.25, 0.3) is 0 Å². The summed E-state index contributed by atoms with van der Waals surface area (Å²) >= 11 is 0. The first-order valence-corrected chi connectivity index (χ1v) is 11.5. The molecule has 0 amide bonds. The fraction of sp³-hybridized carbons (Fsp3) is 0.360. The van der Waals surface area contributed by atoms with E-state index in [0.717, 1.165) is 37.7 Å². The van der Waals surface area contributed by atoms with Crippen molar-refractivity contribution in [1.29, 1.82) is 0 Å². The van der Waals surface area contributed by atoms with Gasteiger partial charge in [-0.15, -0.1) is 0 Å². The first kappa shape index (κ1) is 22.3. The van der Waals surface area contributed by atoms with E-state index in [4.69, 9.17) is 0 Å². The molecule has 0 atom stereocenters. The third-order valence-corrected chi connectivity index (χ3v) is 6.33. The minimum atomic E-state index is -0.543. The molecule has 2 N–H and O–H groups in total. The number of nitrogens with one attached hydrogen (secondary N) is 2. The molecule has 0 unspecified atom stereocenters. The minimum absolute atomic E-state index is 0.0872. The Morgan fingerprint density at radius 2 is 1.74 bits per heavy atom. The summed E-state index contributed by atoms with van der Waals surface area (Å²) in [6.45, 7) is 7.84. The summed E-state index contributed by atoms with van der Waals surface area (Å²) in [7, 11) is 0. The second-order valence-electron chi connectivity index (χ2n) is 8.99. The number of hydrogen-bond acceptors (Lipinski definition) is 6. The van der Waals surface area contributed by atoms with Gasteiger partial charge in [0.05, 0.1) is 11.7 Å². The van der Waals surface area contributed by atoms with Gasteiger partial charge in [0.2, 0.25) is 5.95 Å². The van der Waals surface area contributed by atoms with E-state index in [-0.39, 0.29) is 17.1 Å². The normalized spacial score (nSPS) is 14.8. The zero-order valence-electron chi connectivity index (χ0n) is 19.4. The molecule has 1 aliphatic heterocycles. The zero-order chi connectivity index (χ0) is 23.8. The first-order valence-electron chi connectivity index (χ1n) is 11.5. The van der Waals surface area contributed by atoms with Gasteiger partial charge in [0.1, 0.15) is 23.0 Å². The Morgan fingerprint density at radius 1 is 1.00 bits per heavy atom. The lowest BCUT2D eigenvalue weighted by atomic mass is 9.92. The number of nitrogens with zero attached hydrogens (tertiary/aromatic N) is 5.